The van der Waals surface area contributed by atoms with Crippen LogP contribution in [0.25, 0.3) is 0 Å². The van der Waals surface area contributed by atoms with E-state index in [9.17, 15) is 4.79 Å². The van der Waals surface area contributed by atoms with E-state index in [1.165, 1.54) is 18.7 Å². The Morgan fingerprint density at radius 1 is 1.06 bits per heavy atom. The Bertz CT molecular complexity index is 811. The lowest BCUT2D eigenvalue weighted by molar-refractivity contribution is -0.146. The van der Waals surface area contributed by atoms with E-state index in [0.29, 0.717) is 22.4 Å². The van der Waals surface area contributed by atoms with Crippen LogP contribution in [-0.2, 0) is 9.53 Å². The number of hydrogen-bond acceptors (Lipinski definition) is 6. The fraction of sp³-hybridized carbons (Fsp3) is 0.409. The summed E-state index contributed by atoms with van der Waals surface area (Å²) in [6.07, 6.45) is 0.457. The summed E-state index contributed by atoms with van der Waals surface area (Å²) in [5.41, 5.74) is 0. The van der Waals surface area contributed by atoms with E-state index < -0.39 is 12.1 Å². The van der Waals surface area contributed by atoms with Gasteiger partial charge in [-0.25, -0.2) is 0 Å². The molecule has 0 heterocycles. The summed E-state index contributed by atoms with van der Waals surface area (Å²) in [6, 6.07) is 11.5. The van der Waals surface area contributed by atoms with Gasteiger partial charge in [-0.15, -0.1) is 11.6 Å². The van der Waals surface area contributed by atoms with Crippen molar-refractivity contribution in [3.63, 3.8) is 0 Å². The molecular formula is C22H25Cl3O4S2. The molecule has 0 radical (unpaired) electrons. The van der Waals surface area contributed by atoms with Crippen molar-refractivity contribution in [1.82, 2.24) is 0 Å². The topological polar surface area (TPSA) is 44.8 Å². The van der Waals surface area contributed by atoms with Gasteiger partial charge in [-0.2, -0.15) is 11.8 Å². The van der Waals surface area contributed by atoms with Crippen LogP contribution in [0.2, 0.25) is 10.0 Å². The van der Waals surface area contributed by atoms with Crippen LogP contribution in [0.1, 0.15) is 20.3 Å². The highest BCUT2D eigenvalue weighted by atomic mass is 35.5. The van der Waals surface area contributed by atoms with Crippen molar-refractivity contribution in [2.45, 2.75) is 36.2 Å². The Morgan fingerprint density at radius 3 is 2.32 bits per heavy atom. The molecule has 0 aromatic heterocycles. The highest BCUT2D eigenvalue weighted by molar-refractivity contribution is 7.99. The van der Waals surface area contributed by atoms with Crippen LogP contribution < -0.4 is 9.47 Å². The maximum Gasteiger partial charge on any atom is 0.303 e. The number of carbonyl (C=O) groups excluding carboxylic acids is 1. The molecule has 31 heavy (non-hydrogen) atoms. The molecule has 0 saturated heterocycles. The predicted molar refractivity (Wildman–Crippen MR) is 132 cm³/mol. The molecule has 2 aromatic rings. The second kappa shape index (κ2) is 14.3. The Kier molecular flexibility index (Phi) is 12.1. The quantitative estimate of drug-likeness (QED) is 0.157. The van der Waals surface area contributed by atoms with Gasteiger partial charge in [0.05, 0.1) is 22.5 Å². The van der Waals surface area contributed by atoms with Gasteiger partial charge in [0.1, 0.15) is 18.5 Å². The molecule has 0 aliphatic rings. The Morgan fingerprint density at radius 2 is 1.74 bits per heavy atom. The molecule has 1 unspecified atom stereocenters. The lowest BCUT2D eigenvalue weighted by Gasteiger charge is -2.17. The molecule has 0 fully saturated rings. The molecule has 1 atom stereocenters. The van der Waals surface area contributed by atoms with Crippen LogP contribution in [0, 0.1) is 0 Å². The van der Waals surface area contributed by atoms with E-state index in [1.54, 1.807) is 12.1 Å². The van der Waals surface area contributed by atoms with Crippen LogP contribution in [0.3, 0.4) is 0 Å². The second-order valence-electron chi connectivity index (χ2n) is 6.39. The van der Waals surface area contributed by atoms with Gasteiger partial charge in [-0.05, 0) is 54.3 Å². The molecule has 4 nitrogen and oxygen atoms in total. The molecule has 0 amide bonds. The third kappa shape index (κ3) is 9.62. The Hall–Kier alpha value is -0.920. The zero-order valence-corrected chi connectivity index (χ0v) is 21.3. The van der Waals surface area contributed by atoms with E-state index >= 15 is 0 Å². The number of alkyl halides is 1. The van der Waals surface area contributed by atoms with E-state index in [-0.39, 0.29) is 12.5 Å². The van der Waals surface area contributed by atoms with Crippen LogP contribution in [0.5, 0.6) is 11.5 Å². The summed E-state index contributed by atoms with van der Waals surface area (Å²) in [7, 11) is 0. The second-order valence-corrected chi connectivity index (χ2v) is 10.0. The molecule has 2 rings (SSSR count). The van der Waals surface area contributed by atoms with Gasteiger partial charge in [0.2, 0.25) is 0 Å². The van der Waals surface area contributed by atoms with Crippen molar-refractivity contribution in [3.8, 4) is 11.5 Å². The number of thioether (sulfide) groups is 1. The number of halogens is 3. The van der Waals surface area contributed by atoms with Crippen LogP contribution in [0.4, 0.5) is 0 Å². The average Bonchev–Trinajstić information content (AvgIpc) is 2.73. The zero-order chi connectivity index (χ0) is 22.6. The summed E-state index contributed by atoms with van der Waals surface area (Å²) in [5.74, 6) is 3.12. The number of benzene rings is 2. The standard InChI is InChI=1S/C22H25Cl3O4S2/c1-3-30-10-4-9-27-16-5-7-18(8-6-16)31-19-11-20(24)22(21(25)12-19)28-14-17(13-23)29-15(2)26/h5-8,11-12,17H,3-4,9-10,13-14H2,1-2H3. The highest BCUT2D eigenvalue weighted by Crippen LogP contribution is 2.39. The molecule has 9 heteroatoms. The first-order chi connectivity index (χ1) is 14.9. The van der Waals surface area contributed by atoms with Gasteiger partial charge >= 0.3 is 5.97 Å². The fourth-order valence-corrected chi connectivity index (χ4v) is 4.88. The summed E-state index contributed by atoms with van der Waals surface area (Å²) in [4.78, 5) is 13.0. The minimum absolute atomic E-state index is 0.0631. The minimum atomic E-state index is -0.577. The van der Waals surface area contributed by atoms with Gasteiger partial charge < -0.3 is 14.2 Å². The molecule has 0 aliphatic carbocycles. The van der Waals surface area contributed by atoms with Gasteiger partial charge in [-0.1, -0.05) is 41.9 Å². The molecule has 0 spiro atoms. The van der Waals surface area contributed by atoms with Crippen molar-refractivity contribution in [2.24, 2.45) is 0 Å². The predicted octanol–water partition coefficient (Wildman–Crippen LogP) is 7.22. The van der Waals surface area contributed by atoms with Crippen molar-refractivity contribution in [1.29, 1.82) is 0 Å². The molecule has 0 aliphatic heterocycles. The lowest BCUT2D eigenvalue weighted by Crippen LogP contribution is -2.25. The van der Waals surface area contributed by atoms with Crippen molar-refractivity contribution in [2.75, 3.05) is 30.6 Å². The maximum atomic E-state index is 11.1. The Balaban J connectivity index is 1.93. The van der Waals surface area contributed by atoms with Crippen LogP contribution >= 0.6 is 58.3 Å². The summed E-state index contributed by atoms with van der Waals surface area (Å²) < 4.78 is 16.5. The number of carbonyl (C=O) groups is 1. The van der Waals surface area contributed by atoms with Crippen LogP contribution in [0.15, 0.2) is 46.2 Å². The monoisotopic (exact) mass is 522 g/mol. The van der Waals surface area contributed by atoms with E-state index in [0.717, 1.165) is 33.5 Å². The summed E-state index contributed by atoms with van der Waals surface area (Å²) >= 11 is 22.0. The van der Waals surface area contributed by atoms with Crippen molar-refractivity contribution < 1.29 is 19.0 Å². The molecule has 0 bridgehead atoms. The first-order valence-corrected chi connectivity index (χ1v) is 13.0. The zero-order valence-electron chi connectivity index (χ0n) is 17.4. The summed E-state index contributed by atoms with van der Waals surface area (Å²) in [6.45, 7) is 4.25. The number of ether oxygens (including phenoxy) is 3. The average molecular weight is 524 g/mol. The van der Waals surface area contributed by atoms with Crippen molar-refractivity contribution in [3.05, 3.63) is 46.4 Å². The first kappa shape index (κ1) is 26.3. The molecule has 0 saturated carbocycles. The SMILES string of the molecule is CCSCCCOc1ccc(Sc2cc(Cl)c(OCC(CCl)OC(C)=O)c(Cl)c2)cc1. The highest BCUT2D eigenvalue weighted by Gasteiger charge is 2.16. The number of rotatable bonds is 13. The molecule has 170 valence electrons. The number of hydrogen-bond donors (Lipinski definition) is 0. The summed E-state index contributed by atoms with van der Waals surface area (Å²) in [5, 5.41) is 0.743. The van der Waals surface area contributed by atoms with E-state index in [2.05, 4.69) is 6.92 Å². The van der Waals surface area contributed by atoms with E-state index in [4.69, 9.17) is 49.0 Å². The minimum Gasteiger partial charge on any atom is -0.494 e. The Labute approximate surface area is 207 Å². The maximum absolute atomic E-state index is 11.1. The van der Waals surface area contributed by atoms with E-state index in [1.807, 2.05) is 36.0 Å². The first-order valence-electron chi connectivity index (χ1n) is 9.76. The number of esters is 1. The lowest BCUT2D eigenvalue weighted by atomic mass is 10.3. The van der Waals surface area contributed by atoms with Gasteiger partial charge in [0.15, 0.2) is 5.75 Å². The smallest absolute Gasteiger partial charge is 0.303 e. The normalized spacial score (nSPS) is 11.8. The van der Waals surface area contributed by atoms with Gasteiger partial charge in [-0.3, -0.25) is 4.79 Å². The van der Waals surface area contributed by atoms with Crippen LogP contribution in [-0.4, -0.2) is 42.7 Å². The molecule has 2 aromatic carbocycles. The van der Waals surface area contributed by atoms with Crippen molar-refractivity contribution >= 4 is 64.3 Å². The molecule has 0 N–H and O–H groups in total. The van der Waals surface area contributed by atoms with Gasteiger partial charge in [0, 0.05) is 16.7 Å². The van der Waals surface area contributed by atoms with Gasteiger partial charge in [0.25, 0.3) is 0 Å². The third-order valence-corrected chi connectivity index (χ3v) is 6.73. The largest absolute Gasteiger partial charge is 0.494 e. The third-order valence-electron chi connectivity index (χ3n) is 3.86. The fourth-order valence-electron chi connectivity index (χ4n) is 2.49. The molecular weight excluding hydrogens is 499 g/mol.